The predicted molar refractivity (Wildman–Crippen MR) is 38.5 cm³/mol. The van der Waals surface area contributed by atoms with E-state index in [0.29, 0.717) is 0 Å². The Morgan fingerprint density at radius 2 is 1.91 bits per heavy atom. The number of carbonyl (C=O) groups is 1. The molecule has 0 aromatic heterocycles. The van der Waals surface area contributed by atoms with Gasteiger partial charge in [-0.05, 0) is 0 Å². The van der Waals surface area contributed by atoms with Crippen LogP contribution < -0.4 is 11.5 Å². The Morgan fingerprint density at radius 3 is 2.18 bits per heavy atom. The van der Waals surface area contributed by atoms with Crippen LogP contribution in [0.25, 0.3) is 0 Å². The molecule has 0 aliphatic carbocycles. The van der Waals surface area contributed by atoms with E-state index < -0.39 is 26.4 Å². The molecule has 68 valence electrons. The van der Waals surface area contributed by atoms with Gasteiger partial charge in [0.15, 0.2) is 0 Å². The molecule has 0 fully saturated rings. The summed E-state index contributed by atoms with van der Waals surface area (Å²) in [6.45, 7) is -0.439. The molecule has 0 heterocycles. The minimum Gasteiger partial charge on any atom is -0.480 e. The Kier molecular flexibility index (Phi) is 6.25. The molecule has 8 N–H and O–H groups in total. The Morgan fingerprint density at radius 1 is 1.45 bits per heavy atom. The second kappa shape index (κ2) is 5.22. The topological polar surface area (TPSA) is 143 Å². The Labute approximate surface area is 63.2 Å². The lowest BCUT2D eigenvalue weighted by molar-refractivity contribution is -0.135. The van der Waals surface area contributed by atoms with Gasteiger partial charge in [-0.3, -0.25) is 14.7 Å². The molecular formula is C3H12N2O5P+. The summed E-state index contributed by atoms with van der Waals surface area (Å²) < 4.78 is 10.1. The van der Waals surface area contributed by atoms with Crippen molar-refractivity contribution in [2.45, 2.75) is 0 Å². The summed E-state index contributed by atoms with van der Waals surface area (Å²) >= 11 is 0. The van der Waals surface area contributed by atoms with Gasteiger partial charge in [0.05, 0.1) is 12.8 Å². The summed E-state index contributed by atoms with van der Waals surface area (Å²) in [6, 6.07) is 0. The van der Waals surface area contributed by atoms with Crippen LogP contribution in [0.2, 0.25) is 0 Å². The van der Waals surface area contributed by atoms with Crippen LogP contribution in [0, 0.1) is 0 Å². The minimum absolute atomic E-state index is 0. The minimum atomic E-state index is -4.10. The van der Waals surface area contributed by atoms with Crippen LogP contribution in [0.5, 0.6) is 0 Å². The van der Waals surface area contributed by atoms with E-state index in [1.165, 1.54) is 0 Å². The average Bonchev–Trinajstić information content (AvgIpc) is 1.59. The van der Waals surface area contributed by atoms with Gasteiger partial charge in [-0.15, -0.1) is 0 Å². The molecular weight excluding hydrogens is 175 g/mol. The number of aliphatic carboxylic acids is 1. The van der Waals surface area contributed by atoms with E-state index in [1.807, 2.05) is 0 Å². The molecule has 0 saturated carbocycles. The molecule has 8 heteroatoms. The third-order valence-electron chi connectivity index (χ3n) is 0.594. The van der Waals surface area contributed by atoms with Gasteiger partial charge >= 0.3 is 13.6 Å². The molecule has 0 aliphatic heterocycles. The lowest BCUT2D eigenvalue weighted by Crippen LogP contribution is -2.23. The van der Waals surface area contributed by atoms with Gasteiger partial charge in [-0.2, -0.15) is 0 Å². The van der Waals surface area contributed by atoms with Crippen LogP contribution in [0.3, 0.4) is 0 Å². The second-order valence-electron chi connectivity index (χ2n) is 1.64. The van der Waals surface area contributed by atoms with E-state index in [9.17, 15) is 9.36 Å². The highest BCUT2D eigenvalue weighted by molar-refractivity contribution is 7.51. The fourth-order valence-electron chi connectivity index (χ4n) is 0.308. The first-order valence-corrected chi connectivity index (χ1v) is 4.18. The van der Waals surface area contributed by atoms with Crippen LogP contribution in [0.4, 0.5) is 0 Å². The predicted octanol–water partition coefficient (Wildman–Crippen LogP) is -0.828. The lowest BCUT2D eigenvalue weighted by Gasteiger charge is -2.02. The van der Waals surface area contributed by atoms with Crippen LogP contribution in [-0.4, -0.2) is 33.7 Å². The van der Waals surface area contributed by atoms with Crippen LogP contribution in [0.15, 0.2) is 0 Å². The molecule has 0 aromatic rings. The zero-order valence-electron chi connectivity index (χ0n) is 6.02. The fourth-order valence-corrected chi connectivity index (χ4v) is 0.712. The van der Waals surface area contributed by atoms with Gasteiger partial charge < -0.3 is 21.0 Å². The maximum Gasteiger partial charge on any atom is 0.339 e. The van der Waals surface area contributed by atoms with Crippen LogP contribution in [0.1, 0.15) is 0 Å². The molecule has 0 aliphatic rings. The van der Waals surface area contributed by atoms with Crippen molar-refractivity contribution in [1.29, 1.82) is 0 Å². The molecule has 7 nitrogen and oxygen atoms in total. The zero-order valence-corrected chi connectivity index (χ0v) is 6.91. The summed E-state index contributed by atoms with van der Waals surface area (Å²) in [5.74, 6) is -1.14. The molecule has 0 rings (SSSR count). The van der Waals surface area contributed by atoms with E-state index in [2.05, 4.69) is 5.32 Å². The number of nitrogens with one attached hydrogen (secondary N) is 1. The molecule has 0 unspecified atom stereocenters. The van der Waals surface area contributed by atoms with Gasteiger partial charge in [0.1, 0.15) is 0 Å². The van der Waals surface area contributed by atoms with Crippen molar-refractivity contribution in [3.05, 3.63) is 0 Å². The molecule has 11 heavy (non-hydrogen) atoms. The maximum atomic E-state index is 10.1. The monoisotopic (exact) mass is 187 g/mol. The fraction of sp³-hybridized carbons (Fsp3) is 0.667. The number of hydrogen-bond acceptors (Lipinski definition) is 3. The quantitative estimate of drug-likeness (QED) is 0.363. The van der Waals surface area contributed by atoms with Crippen molar-refractivity contribution in [3.8, 4) is 0 Å². The van der Waals surface area contributed by atoms with Gasteiger partial charge in [0, 0.05) is 0 Å². The summed E-state index contributed by atoms with van der Waals surface area (Å²) in [5, 5.41) is 10.1. The van der Waals surface area contributed by atoms with E-state index in [4.69, 9.17) is 14.9 Å². The average molecular weight is 187 g/mol. The number of carboxylic acids is 1. The molecule has 0 radical (unpaired) electrons. The Balaban J connectivity index is 0. The molecule has 0 atom stereocenters. The van der Waals surface area contributed by atoms with Gasteiger partial charge in [-0.1, -0.05) is 0 Å². The highest BCUT2D eigenvalue weighted by Gasteiger charge is 2.11. The van der Waals surface area contributed by atoms with Crippen molar-refractivity contribution in [2.24, 2.45) is 0 Å². The van der Waals surface area contributed by atoms with E-state index in [0.717, 1.165) is 0 Å². The third-order valence-corrected chi connectivity index (χ3v) is 1.23. The maximum absolute atomic E-state index is 10.1. The molecule has 0 aromatic carbocycles. The standard InChI is InChI=1S/C3H8NO5P.H3N/c5-3(6)1-4-2-10(7,8)9;/h4H,1-2H2,(H,5,6)(H2,7,8,9);1H3/p+1. The largest absolute Gasteiger partial charge is 0.480 e. The van der Waals surface area contributed by atoms with Gasteiger partial charge in [0.2, 0.25) is 0 Å². The van der Waals surface area contributed by atoms with E-state index in [1.54, 1.807) is 0 Å². The van der Waals surface area contributed by atoms with Crippen LogP contribution >= 0.6 is 7.60 Å². The third kappa shape index (κ3) is 12.7. The summed E-state index contributed by atoms with van der Waals surface area (Å²) in [4.78, 5) is 26.1. The van der Waals surface area contributed by atoms with Gasteiger partial charge in [0.25, 0.3) is 0 Å². The summed E-state index contributed by atoms with van der Waals surface area (Å²) in [5.41, 5.74) is 0. The Hall–Kier alpha value is -0.460. The van der Waals surface area contributed by atoms with E-state index >= 15 is 0 Å². The van der Waals surface area contributed by atoms with Crippen molar-refractivity contribution >= 4 is 13.6 Å². The van der Waals surface area contributed by atoms with Gasteiger partial charge in [-0.25, -0.2) is 0 Å². The number of rotatable bonds is 4. The molecule has 0 bridgehead atoms. The highest BCUT2D eigenvalue weighted by Crippen LogP contribution is 2.31. The number of quaternary nitrogens is 1. The van der Waals surface area contributed by atoms with Crippen molar-refractivity contribution in [2.75, 3.05) is 12.8 Å². The first-order chi connectivity index (χ1) is 4.42. The summed E-state index contributed by atoms with van der Waals surface area (Å²) in [7, 11) is -4.10. The van der Waals surface area contributed by atoms with E-state index in [-0.39, 0.29) is 6.15 Å². The second-order valence-corrected chi connectivity index (χ2v) is 3.29. The Bertz CT molecular complexity index is 165. The first kappa shape index (κ1) is 13.2. The molecule has 0 spiro atoms. The van der Waals surface area contributed by atoms with Crippen molar-refractivity contribution in [1.82, 2.24) is 11.5 Å². The lowest BCUT2D eigenvalue weighted by atomic mass is 10.7. The normalized spacial score (nSPS) is 10.4. The number of hydrogen-bond donors (Lipinski definition) is 5. The van der Waals surface area contributed by atoms with Crippen molar-refractivity contribution < 1.29 is 24.3 Å². The molecule has 0 amide bonds. The number of carboxylic acid groups (broad SMARTS) is 1. The first-order valence-electron chi connectivity index (χ1n) is 2.39. The molecule has 0 saturated heterocycles. The SMILES string of the molecule is O=C(O)CNCP(=O)(O)O.[NH4+]. The van der Waals surface area contributed by atoms with Crippen LogP contribution in [-0.2, 0) is 9.36 Å². The smallest absolute Gasteiger partial charge is 0.339 e. The summed E-state index contributed by atoms with van der Waals surface area (Å²) in [6.07, 6.45) is -0.598. The van der Waals surface area contributed by atoms with Crippen molar-refractivity contribution in [3.63, 3.8) is 0 Å². The highest BCUT2D eigenvalue weighted by atomic mass is 31.2. The zero-order chi connectivity index (χ0) is 8.20.